The Labute approximate surface area is 122 Å². The molecule has 0 amide bonds. The van der Waals surface area contributed by atoms with Gasteiger partial charge in [0.25, 0.3) is 5.95 Å². The number of rotatable bonds is 2. The summed E-state index contributed by atoms with van der Waals surface area (Å²) in [5.74, 6) is 2.32. The van der Waals surface area contributed by atoms with Gasteiger partial charge in [0.1, 0.15) is 12.7 Å². The number of anilines is 1. The number of halogens is 1. The van der Waals surface area contributed by atoms with Crippen LogP contribution in [-0.2, 0) is 0 Å². The van der Waals surface area contributed by atoms with Crippen molar-refractivity contribution in [2.75, 3.05) is 18.0 Å². The second-order valence-electron chi connectivity index (χ2n) is 5.23. The Kier molecular flexibility index (Phi) is 3.52. The van der Waals surface area contributed by atoms with Gasteiger partial charge in [0.15, 0.2) is 0 Å². The van der Waals surface area contributed by atoms with Crippen LogP contribution in [0.2, 0.25) is 5.28 Å². The van der Waals surface area contributed by atoms with E-state index in [1.54, 1.807) is 0 Å². The Bertz CT molecular complexity index is 585. The van der Waals surface area contributed by atoms with Gasteiger partial charge in [-0.2, -0.15) is 24.7 Å². The van der Waals surface area contributed by atoms with Crippen molar-refractivity contribution in [1.29, 1.82) is 0 Å². The second-order valence-corrected chi connectivity index (χ2v) is 5.57. The van der Waals surface area contributed by atoms with Crippen molar-refractivity contribution in [2.45, 2.75) is 20.3 Å². The van der Waals surface area contributed by atoms with Crippen LogP contribution in [0.1, 0.15) is 20.3 Å². The van der Waals surface area contributed by atoms with Gasteiger partial charge in [-0.05, 0) is 29.9 Å². The number of hydrogen-bond donors (Lipinski definition) is 0. The van der Waals surface area contributed by atoms with E-state index in [9.17, 15) is 0 Å². The van der Waals surface area contributed by atoms with Crippen LogP contribution in [0.5, 0.6) is 0 Å². The lowest BCUT2D eigenvalue weighted by atomic mass is 9.89. The lowest BCUT2D eigenvalue weighted by Gasteiger charge is -2.35. The third-order valence-electron chi connectivity index (χ3n) is 3.83. The molecule has 7 nitrogen and oxygen atoms in total. The van der Waals surface area contributed by atoms with Crippen molar-refractivity contribution in [3.63, 3.8) is 0 Å². The van der Waals surface area contributed by atoms with Crippen LogP contribution in [0, 0.1) is 11.8 Å². The summed E-state index contributed by atoms with van der Waals surface area (Å²) in [6, 6.07) is 0. The van der Waals surface area contributed by atoms with Crippen molar-refractivity contribution >= 4 is 17.5 Å². The van der Waals surface area contributed by atoms with E-state index >= 15 is 0 Å². The monoisotopic (exact) mass is 293 g/mol. The molecule has 0 aromatic carbocycles. The van der Waals surface area contributed by atoms with Gasteiger partial charge in [0, 0.05) is 13.1 Å². The second kappa shape index (κ2) is 5.32. The van der Waals surface area contributed by atoms with Crippen LogP contribution in [0.15, 0.2) is 12.7 Å². The quantitative estimate of drug-likeness (QED) is 0.837. The average Bonchev–Trinajstić information content (AvgIpc) is 2.95. The molecule has 2 atom stereocenters. The molecule has 20 heavy (non-hydrogen) atoms. The maximum absolute atomic E-state index is 6.00. The van der Waals surface area contributed by atoms with Gasteiger partial charge in [-0.3, -0.25) is 0 Å². The number of nitrogens with zero attached hydrogens (tertiary/aromatic N) is 7. The van der Waals surface area contributed by atoms with Gasteiger partial charge < -0.3 is 4.90 Å². The molecule has 0 radical (unpaired) electrons. The Hall–Kier alpha value is -1.76. The predicted molar refractivity (Wildman–Crippen MR) is 74.9 cm³/mol. The van der Waals surface area contributed by atoms with Crippen molar-refractivity contribution < 1.29 is 0 Å². The van der Waals surface area contributed by atoms with Crippen molar-refractivity contribution in [3.05, 3.63) is 17.9 Å². The Balaban J connectivity index is 1.90. The molecule has 1 saturated heterocycles. The molecule has 1 fully saturated rings. The van der Waals surface area contributed by atoms with Gasteiger partial charge in [-0.1, -0.05) is 13.8 Å². The summed E-state index contributed by atoms with van der Waals surface area (Å²) in [5.41, 5.74) is 0. The summed E-state index contributed by atoms with van der Waals surface area (Å²) >= 11 is 6.00. The van der Waals surface area contributed by atoms with Gasteiger partial charge >= 0.3 is 0 Å². The predicted octanol–water partition coefficient (Wildman–Crippen LogP) is 1.59. The molecule has 106 valence electrons. The van der Waals surface area contributed by atoms with Gasteiger partial charge in [0.2, 0.25) is 11.2 Å². The highest BCUT2D eigenvalue weighted by molar-refractivity contribution is 6.28. The molecule has 0 aliphatic carbocycles. The lowest BCUT2D eigenvalue weighted by Crippen LogP contribution is -2.39. The molecule has 2 unspecified atom stereocenters. The van der Waals surface area contributed by atoms with Gasteiger partial charge in [-0.25, -0.2) is 4.98 Å². The Morgan fingerprint density at radius 1 is 1.15 bits per heavy atom. The summed E-state index contributed by atoms with van der Waals surface area (Å²) in [7, 11) is 0. The maximum Gasteiger partial charge on any atom is 0.258 e. The van der Waals surface area contributed by atoms with E-state index < -0.39 is 0 Å². The SMILES string of the molecule is CC1CCN(c2nc(Cl)nc(-n3cncn3)n2)CC1C. The highest BCUT2D eigenvalue weighted by Crippen LogP contribution is 2.25. The summed E-state index contributed by atoms with van der Waals surface area (Å²) in [4.78, 5) is 18.8. The molecular formula is C12H16ClN7. The highest BCUT2D eigenvalue weighted by atomic mass is 35.5. The van der Waals surface area contributed by atoms with Crippen LogP contribution in [-0.4, -0.2) is 42.8 Å². The van der Waals surface area contributed by atoms with Gasteiger partial charge in [-0.15, -0.1) is 0 Å². The van der Waals surface area contributed by atoms with E-state index in [-0.39, 0.29) is 5.28 Å². The zero-order valence-corrected chi connectivity index (χ0v) is 12.2. The smallest absolute Gasteiger partial charge is 0.258 e. The summed E-state index contributed by atoms with van der Waals surface area (Å²) in [6.45, 7) is 6.39. The first-order valence-corrected chi connectivity index (χ1v) is 7.03. The molecule has 8 heteroatoms. The molecule has 0 spiro atoms. The zero-order valence-electron chi connectivity index (χ0n) is 11.4. The largest absolute Gasteiger partial charge is 0.340 e. The van der Waals surface area contributed by atoms with E-state index in [0.29, 0.717) is 17.8 Å². The van der Waals surface area contributed by atoms with E-state index in [4.69, 9.17) is 11.6 Å². The molecule has 1 aliphatic rings. The number of hydrogen-bond acceptors (Lipinski definition) is 6. The average molecular weight is 294 g/mol. The van der Waals surface area contributed by atoms with Crippen LogP contribution in [0.3, 0.4) is 0 Å². The van der Waals surface area contributed by atoms with Gasteiger partial charge in [0.05, 0.1) is 0 Å². The summed E-state index contributed by atoms with van der Waals surface area (Å²) in [6.07, 6.45) is 4.10. The molecule has 0 bridgehead atoms. The molecule has 2 aromatic rings. The molecule has 0 saturated carbocycles. The topological polar surface area (TPSA) is 72.6 Å². The van der Waals surface area contributed by atoms with Crippen LogP contribution in [0.4, 0.5) is 5.95 Å². The standard InChI is InChI=1S/C12H16ClN7/c1-8-3-4-19(5-9(8)2)11-16-10(13)17-12(18-11)20-7-14-6-15-20/h6-9H,3-5H2,1-2H3. The Morgan fingerprint density at radius 2 is 1.95 bits per heavy atom. The highest BCUT2D eigenvalue weighted by Gasteiger charge is 2.25. The minimum absolute atomic E-state index is 0.173. The number of aromatic nitrogens is 6. The van der Waals surface area contributed by atoms with Crippen molar-refractivity contribution in [1.82, 2.24) is 29.7 Å². The minimum Gasteiger partial charge on any atom is -0.340 e. The summed E-state index contributed by atoms with van der Waals surface area (Å²) in [5, 5.41) is 4.19. The van der Waals surface area contributed by atoms with E-state index in [2.05, 4.69) is 43.8 Å². The van der Waals surface area contributed by atoms with Crippen molar-refractivity contribution in [3.8, 4) is 5.95 Å². The van der Waals surface area contributed by atoms with E-state index in [0.717, 1.165) is 25.4 Å². The third kappa shape index (κ3) is 2.58. The molecule has 3 heterocycles. The lowest BCUT2D eigenvalue weighted by molar-refractivity contribution is 0.321. The fraction of sp³-hybridized carbons (Fsp3) is 0.583. The Morgan fingerprint density at radius 3 is 2.65 bits per heavy atom. The first-order chi connectivity index (χ1) is 9.63. The minimum atomic E-state index is 0.173. The molecule has 2 aromatic heterocycles. The first-order valence-electron chi connectivity index (χ1n) is 6.65. The zero-order chi connectivity index (χ0) is 14.1. The maximum atomic E-state index is 6.00. The molecule has 1 aliphatic heterocycles. The fourth-order valence-corrected chi connectivity index (χ4v) is 2.48. The summed E-state index contributed by atoms with van der Waals surface area (Å²) < 4.78 is 1.48. The van der Waals surface area contributed by atoms with E-state index in [1.165, 1.54) is 17.3 Å². The van der Waals surface area contributed by atoms with Crippen LogP contribution < -0.4 is 4.90 Å². The normalized spacial score (nSPS) is 23.1. The fourth-order valence-electron chi connectivity index (χ4n) is 2.33. The molecular weight excluding hydrogens is 278 g/mol. The van der Waals surface area contributed by atoms with Crippen LogP contribution in [0.25, 0.3) is 5.95 Å². The first kappa shape index (κ1) is 13.2. The third-order valence-corrected chi connectivity index (χ3v) is 3.99. The van der Waals surface area contributed by atoms with Crippen molar-refractivity contribution in [2.24, 2.45) is 11.8 Å². The molecule has 0 N–H and O–H groups in total. The van der Waals surface area contributed by atoms with E-state index in [1.807, 2.05) is 0 Å². The number of piperidine rings is 1. The van der Waals surface area contributed by atoms with Crippen LogP contribution >= 0.6 is 11.6 Å². The molecule has 3 rings (SSSR count).